The number of rotatable bonds is 5. The molecule has 6 nitrogen and oxygen atoms in total. The second kappa shape index (κ2) is 8.52. The van der Waals surface area contributed by atoms with Gasteiger partial charge in [-0.3, -0.25) is 4.79 Å². The molecule has 0 aliphatic heterocycles. The summed E-state index contributed by atoms with van der Waals surface area (Å²) >= 11 is 1.45. The van der Waals surface area contributed by atoms with Gasteiger partial charge in [-0.2, -0.15) is 0 Å². The third-order valence-electron chi connectivity index (χ3n) is 5.39. The molecule has 0 saturated carbocycles. The molecule has 0 bridgehead atoms. The summed E-state index contributed by atoms with van der Waals surface area (Å²) in [7, 11) is 1.56. The van der Waals surface area contributed by atoms with Crippen molar-refractivity contribution in [3.63, 3.8) is 0 Å². The lowest BCUT2D eigenvalue weighted by Crippen LogP contribution is -2.11. The Morgan fingerprint density at radius 3 is 2.61 bits per heavy atom. The van der Waals surface area contributed by atoms with E-state index in [4.69, 9.17) is 13.9 Å². The summed E-state index contributed by atoms with van der Waals surface area (Å²) in [5.41, 5.74) is 2.56. The van der Waals surface area contributed by atoms with Gasteiger partial charge in [-0.05, 0) is 54.4 Å². The van der Waals surface area contributed by atoms with Gasteiger partial charge < -0.3 is 13.9 Å². The summed E-state index contributed by atoms with van der Waals surface area (Å²) in [5.74, 6) is 0.513. The number of para-hydroxylation sites is 1. The molecular weight excluding hydrogens is 438 g/mol. The Hall–Kier alpha value is -3.97. The van der Waals surface area contributed by atoms with Crippen LogP contribution in [0.5, 0.6) is 11.5 Å². The lowest BCUT2D eigenvalue weighted by molar-refractivity contribution is 0.0733. The van der Waals surface area contributed by atoms with Gasteiger partial charge in [0.25, 0.3) is 0 Å². The van der Waals surface area contributed by atoms with Gasteiger partial charge in [0.2, 0.25) is 5.43 Å². The summed E-state index contributed by atoms with van der Waals surface area (Å²) in [6.07, 6.45) is 2.00. The highest BCUT2D eigenvalue weighted by atomic mass is 32.1. The SMILES string of the molecule is CCc1cc2c(=O)c(-c3nc4ccccc4s3)coc2cc1OC(=O)c1ccc(OC)cc1. The van der Waals surface area contributed by atoms with Crippen LogP contribution in [0.3, 0.4) is 0 Å². The number of hydrogen-bond donors (Lipinski definition) is 0. The fraction of sp³-hybridized carbons (Fsp3) is 0.115. The first-order valence-corrected chi connectivity index (χ1v) is 11.2. The van der Waals surface area contributed by atoms with Crippen molar-refractivity contribution >= 4 is 38.5 Å². The minimum absolute atomic E-state index is 0.168. The summed E-state index contributed by atoms with van der Waals surface area (Å²) in [4.78, 5) is 30.5. The van der Waals surface area contributed by atoms with E-state index >= 15 is 0 Å². The Kier molecular flexibility index (Phi) is 5.40. The van der Waals surface area contributed by atoms with E-state index in [1.165, 1.54) is 17.6 Å². The van der Waals surface area contributed by atoms with Crippen LogP contribution in [0.15, 0.2) is 76.1 Å². The molecule has 5 aromatic rings. The van der Waals surface area contributed by atoms with Crippen LogP contribution in [0.2, 0.25) is 0 Å². The average Bonchev–Trinajstić information content (AvgIpc) is 3.28. The molecule has 0 fully saturated rings. The van der Waals surface area contributed by atoms with E-state index in [-0.39, 0.29) is 5.43 Å². The first kappa shape index (κ1) is 20.9. The Labute approximate surface area is 193 Å². The van der Waals surface area contributed by atoms with Crippen molar-refractivity contribution in [3.8, 4) is 22.1 Å². The van der Waals surface area contributed by atoms with Crippen molar-refractivity contribution in [1.82, 2.24) is 4.98 Å². The average molecular weight is 458 g/mol. The fourth-order valence-electron chi connectivity index (χ4n) is 3.59. The van der Waals surface area contributed by atoms with Crippen molar-refractivity contribution in [2.75, 3.05) is 7.11 Å². The van der Waals surface area contributed by atoms with Gasteiger partial charge in [-0.15, -0.1) is 11.3 Å². The first-order chi connectivity index (χ1) is 16.1. The lowest BCUT2D eigenvalue weighted by atomic mass is 10.1. The molecule has 0 spiro atoms. The predicted octanol–water partition coefficient (Wildman–Crippen LogP) is 5.86. The Morgan fingerprint density at radius 2 is 1.88 bits per heavy atom. The maximum absolute atomic E-state index is 13.3. The van der Waals surface area contributed by atoms with E-state index in [9.17, 15) is 9.59 Å². The molecule has 0 aliphatic carbocycles. The molecule has 0 N–H and O–H groups in total. The number of carbonyl (C=O) groups excluding carboxylic acids is 1. The number of aryl methyl sites for hydroxylation is 1. The molecule has 0 saturated heterocycles. The van der Waals surface area contributed by atoms with E-state index in [0.717, 1.165) is 15.8 Å². The molecule has 2 aromatic heterocycles. The van der Waals surface area contributed by atoms with Gasteiger partial charge in [0.05, 0.1) is 33.8 Å². The summed E-state index contributed by atoms with van der Waals surface area (Å²) < 4.78 is 17.6. The highest BCUT2D eigenvalue weighted by Gasteiger charge is 2.18. The molecule has 7 heteroatoms. The largest absolute Gasteiger partial charge is 0.497 e. The molecule has 33 heavy (non-hydrogen) atoms. The quantitative estimate of drug-likeness (QED) is 0.243. The zero-order valence-electron chi connectivity index (χ0n) is 18.0. The number of carbonyl (C=O) groups is 1. The summed E-state index contributed by atoms with van der Waals surface area (Å²) in [6.45, 7) is 1.94. The maximum Gasteiger partial charge on any atom is 0.343 e. The second-order valence-corrected chi connectivity index (χ2v) is 8.42. The summed E-state index contributed by atoms with van der Waals surface area (Å²) in [5, 5.41) is 1.03. The van der Waals surface area contributed by atoms with Gasteiger partial charge in [-0.1, -0.05) is 19.1 Å². The number of ether oxygens (including phenoxy) is 2. The van der Waals surface area contributed by atoms with Crippen molar-refractivity contribution < 1.29 is 18.7 Å². The normalized spacial score (nSPS) is 11.1. The Bertz CT molecular complexity index is 1520. The van der Waals surface area contributed by atoms with Crippen LogP contribution in [0.1, 0.15) is 22.8 Å². The van der Waals surface area contributed by atoms with Gasteiger partial charge >= 0.3 is 5.97 Å². The van der Waals surface area contributed by atoms with Crippen molar-refractivity contribution in [2.24, 2.45) is 0 Å². The van der Waals surface area contributed by atoms with Crippen molar-refractivity contribution in [1.29, 1.82) is 0 Å². The number of nitrogens with zero attached hydrogens (tertiary/aromatic N) is 1. The van der Waals surface area contributed by atoms with Crippen molar-refractivity contribution in [3.05, 3.63) is 88.3 Å². The van der Waals surface area contributed by atoms with Crippen LogP contribution < -0.4 is 14.9 Å². The van der Waals surface area contributed by atoms with Gasteiger partial charge in [0, 0.05) is 6.07 Å². The predicted molar refractivity (Wildman–Crippen MR) is 128 cm³/mol. The van der Waals surface area contributed by atoms with E-state index in [1.54, 1.807) is 43.5 Å². The number of aromatic nitrogens is 1. The van der Waals surface area contributed by atoms with Gasteiger partial charge in [-0.25, -0.2) is 9.78 Å². The van der Waals surface area contributed by atoms with Crippen LogP contribution in [-0.2, 0) is 6.42 Å². The number of methoxy groups -OCH3 is 1. The maximum atomic E-state index is 13.3. The zero-order chi connectivity index (χ0) is 22.9. The fourth-order valence-corrected chi connectivity index (χ4v) is 4.56. The number of benzene rings is 3. The number of fused-ring (bicyclic) bond motifs is 2. The third kappa shape index (κ3) is 3.87. The smallest absolute Gasteiger partial charge is 0.343 e. The number of hydrogen-bond acceptors (Lipinski definition) is 7. The third-order valence-corrected chi connectivity index (χ3v) is 6.46. The molecule has 0 atom stereocenters. The van der Waals surface area contributed by atoms with E-state index in [0.29, 0.717) is 45.0 Å². The molecular formula is C26H19NO5S. The molecule has 0 radical (unpaired) electrons. The molecule has 164 valence electrons. The molecule has 0 amide bonds. The Balaban J connectivity index is 1.53. The zero-order valence-corrected chi connectivity index (χ0v) is 18.8. The molecule has 0 aliphatic rings. The van der Waals surface area contributed by atoms with E-state index in [2.05, 4.69) is 4.98 Å². The van der Waals surface area contributed by atoms with Crippen LogP contribution in [0.4, 0.5) is 0 Å². The van der Waals surface area contributed by atoms with Crippen LogP contribution in [-0.4, -0.2) is 18.1 Å². The summed E-state index contributed by atoms with van der Waals surface area (Å²) in [6, 6.07) is 17.7. The Morgan fingerprint density at radius 1 is 1.09 bits per heavy atom. The molecule has 5 rings (SSSR count). The highest BCUT2D eigenvalue weighted by Crippen LogP contribution is 2.31. The molecule has 3 aromatic carbocycles. The molecule has 2 heterocycles. The van der Waals surface area contributed by atoms with Gasteiger partial charge in [0.15, 0.2) is 0 Å². The number of thiazole rings is 1. The van der Waals surface area contributed by atoms with Crippen LogP contribution in [0.25, 0.3) is 31.8 Å². The van der Waals surface area contributed by atoms with Crippen LogP contribution >= 0.6 is 11.3 Å². The van der Waals surface area contributed by atoms with Gasteiger partial charge in [0.1, 0.15) is 28.4 Å². The monoisotopic (exact) mass is 457 g/mol. The first-order valence-electron chi connectivity index (χ1n) is 10.4. The topological polar surface area (TPSA) is 78.6 Å². The second-order valence-electron chi connectivity index (χ2n) is 7.39. The van der Waals surface area contributed by atoms with E-state index in [1.807, 2.05) is 31.2 Å². The standard InChI is InChI=1S/C26H19NO5S/c1-3-15-12-18-22(13-21(15)32-26(29)16-8-10-17(30-2)11-9-16)31-14-19(24(18)28)25-27-20-6-4-5-7-23(20)33-25/h4-14H,3H2,1-2H3. The number of esters is 1. The lowest BCUT2D eigenvalue weighted by Gasteiger charge is -2.11. The highest BCUT2D eigenvalue weighted by molar-refractivity contribution is 7.21. The minimum Gasteiger partial charge on any atom is -0.497 e. The van der Waals surface area contributed by atoms with Crippen LogP contribution in [0, 0.1) is 0 Å². The van der Waals surface area contributed by atoms with Crippen molar-refractivity contribution in [2.45, 2.75) is 13.3 Å². The molecule has 0 unspecified atom stereocenters. The van der Waals surface area contributed by atoms with E-state index < -0.39 is 5.97 Å². The minimum atomic E-state index is -0.500.